The van der Waals surface area contributed by atoms with E-state index in [1.165, 1.54) is 0 Å². The van der Waals surface area contributed by atoms with E-state index in [-0.39, 0.29) is 12.1 Å². The molecule has 2 amide bonds. The maximum Gasteiger partial charge on any atom is 0.322 e. The molecule has 1 saturated heterocycles. The standard InChI is InChI=1S/C17H21N3O2/c1-2-7-14-12-15(19-22-14)16-10-6-11-20(16)17(21)18-13-8-4-3-5-9-13/h3-5,8-9,12,16H,2,6-7,10-11H2,1H3,(H,18,21)/t16-/m0/s1. The van der Waals surface area contributed by atoms with Crippen LogP contribution in [0.3, 0.4) is 0 Å². The Morgan fingerprint density at radius 1 is 1.41 bits per heavy atom. The SMILES string of the molecule is CCCc1cc([C@@H]2CCCN2C(=O)Nc2ccccc2)no1. The number of hydrogen-bond donors (Lipinski definition) is 1. The molecule has 22 heavy (non-hydrogen) atoms. The summed E-state index contributed by atoms with van der Waals surface area (Å²) in [4.78, 5) is 14.3. The van der Waals surface area contributed by atoms with Crippen LogP contribution in [0.4, 0.5) is 10.5 Å². The van der Waals surface area contributed by atoms with E-state index in [4.69, 9.17) is 4.52 Å². The maximum atomic E-state index is 12.5. The smallest absolute Gasteiger partial charge is 0.322 e. The molecule has 2 heterocycles. The van der Waals surface area contributed by atoms with E-state index in [0.29, 0.717) is 0 Å². The molecule has 5 heteroatoms. The van der Waals surface area contributed by atoms with E-state index in [1.54, 1.807) is 0 Å². The lowest BCUT2D eigenvalue weighted by Crippen LogP contribution is -2.34. The van der Waals surface area contributed by atoms with Crippen molar-refractivity contribution in [1.82, 2.24) is 10.1 Å². The van der Waals surface area contributed by atoms with Gasteiger partial charge in [0.25, 0.3) is 0 Å². The predicted molar refractivity (Wildman–Crippen MR) is 84.6 cm³/mol. The molecular formula is C17H21N3O2. The van der Waals surface area contributed by atoms with Crippen LogP contribution in [-0.2, 0) is 6.42 Å². The molecule has 1 N–H and O–H groups in total. The van der Waals surface area contributed by atoms with Crippen molar-refractivity contribution in [2.24, 2.45) is 0 Å². The fraction of sp³-hybridized carbons (Fsp3) is 0.412. The number of carbonyl (C=O) groups is 1. The monoisotopic (exact) mass is 299 g/mol. The lowest BCUT2D eigenvalue weighted by molar-refractivity contribution is 0.204. The number of benzene rings is 1. The lowest BCUT2D eigenvalue weighted by Gasteiger charge is -2.23. The van der Waals surface area contributed by atoms with Gasteiger partial charge in [0.05, 0.1) is 6.04 Å². The first-order valence-corrected chi connectivity index (χ1v) is 7.86. The molecule has 0 spiro atoms. The minimum absolute atomic E-state index is 0.0121. The fourth-order valence-electron chi connectivity index (χ4n) is 2.88. The normalized spacial score (nSPS) is 17.7. The summed E-state index contributed by atoms with van der Waals surface area (Å²) in [5.74, 6) is 0.896. The van der Waals surface area contributed by atoms with Gasteiger partial charge in [-0.15, -0.1) is 0 Å². The number of carbonyl (C=O) groups excluding carboxylic acids is 1. The summed E-state index contributed by atoms with van der Waals surface area (Å²) in [6.45, 7) is 2.86. The molecule has 0 saturated carbocycles. The van der Waals surface area contributed by atoms with Crippen molar-refractivity contribution in [3.8, 4) is 0 Å². The van der Waals surface area contributed by atoms with Crippen molar-refractivity contribution in [2.45, 2.75) is 38.6 Å². The number of aryl methyl sites for hydroxylation is 1. The zero-order valence-electron chi connectivity index (χ0n) is 12.8. The molecule has 0 radical (unpaired) electrons. The summed E-state index contributed by atoms with van der Waals surface area (Å²) in [5, 5.41) is 7.10. The summed E-state index contributed by atoms with van der Waals surface area (Å²) in [7, 11) is 0. The molecule has 1 fully saturated rings. The number of rotatable bonds is 4. The summed E-state index contributed by atoms with van der Waals surface area (Å²) in [6.07, 6.45) is 3.83. The van der Waals surface area contributed by atoms with Crippen molar-refractivity contribution in [2.75, 3.05) is 11.9 Å². The van der Waals surface area contributed by atoms with Gasteiger partial charge < -0.3 is 14.7 Å². The number of urea groups is 1. The van der Waals surface area contributed by atoms with Crippen LogP contribution in [0.5, 0.6) is 0 Å². The molecule has 116 valence electrons. The zero-order chi connectivity index (χ0) is 15.4. The van der Waals surface area contributed by atoms with Crippen LogP contribution in [0.15, 0.2) is 40.9 Å². The number of aromatic nitrogens is 1. The molecule has 1 aliphatic rings. The highest BCUT2D eigenvalue weighted by Crippen LogP contribution is 2.32. The minimum atomic E-state index is -0.0752. The zero-order valence-corrected chi connectivity index (χ0v) is 12.8. The van der Waals surface area contributed by atoms with Gasteiger partial charge in [-0.25, -0.2) is 4.79 Å². The van der Waals surface area contributed by atoms with E-state index in [9.17, 15) is 4.79 Å². The summed E-state index contributed by atoms with van der Waals surface area (Å²) < 4.78 is 5.36. The van der Waals surface area contributed by atoms with Gasteiger partial charge in [-0.2, -0.15) is 0 Å². The van der Waals surface area contributed by atoms with E-state index < -0.39 is 0 Å². The number of likely N-dealkylation sites (tertiary alicyclic amines) is 1. The van der Waals surface area contributed by atoms with Crippen molar-refractivity contribution in [1.29, 1.82) is 0 Å². The Bertz CT molecular complexity index is 624. The molecule has 1 aromatic carbocycles. The first-order valence-electron chi connectivity index (χ1n) is 7.86. The van der Waals surface area contributed by atoms with Crippen LogP contribution in [0, 0.1) is 0 Å². The predicted octanol–water partition coefficient (Wildman–Crippen LogP) is 4.00. The van der Waals surface area contributed by atoms with Crippen molar-refractivity contribution < 1.29 is 9.32 Å². The van der Waals surface area contributed by atoms with Gasteiger partial charge in [-0.1, -0.05) is 30.3 Å². The first kappa shape index (κ1) is 14.6. The molecule has 2 aromatic rings. The lowest BCUT2D eigenvalue weighted by atomic mass is 10.1. The third-order valence-electron chi connectivity index (χ3n) is 3.95. The van der Waals surface area contributed by atoms with Crippen LogP contribution < -0.4 is 5.32 Å². The van der Waals surface area contributed by atoms with Crippen molar-refractivity contribution in [3.05, 3.63) is 47.9 Å². The molecular weight excluding hydrogens is 278 g/mol. The number of nitrogens with zero attached hydrogens (tertiary/aromatic N) is 2. The molecule has 1 aliphatic heterocycles. The van der Waals surface area contributed by atoms with Gasteiger partial charge in [0.15, 0.2) is 0 Å². The third kappa shape index (κ3) is 3.13. The molecule has 1 atom stereocenters. The number of hydrogen-bond acceptors (Lipinski definition) is 3. The maximum absolute atomic E-state index is 12.5. The second-order valence-corrected chi connectivity index (χ2v) is 5.62. The van der Waals surface area contributed by atoms with Crippen molar-refractivity contribution >= 4 is 11.7 Å². The molecule has 3 rings (SSSR count). The minimum Gasteiger partial charge on any atom is -0.361 e. The van der Waals surface area contributed by atoms with E-state index in [2.05, 4.69) is 17.4 Å². The van der Waals surface area contributed by atoms with Gasteiger partial charge >= 0.3 is 6.03 Å². The Balaban J connectivity index is 1.70. The number of anilines is 1. The van der Waals surface area contributed by atoms with Gasteiger partial charge in [0, 0.05) is 24.7 Å². The Morgan fingerprint density at radius 3 is 3.00 bits per heavy atom. The number of nitrogens with one attached hydrogen (secondary N) is 1. The highest BCUT2D eigenvalue weighted by atomic mass is 16.5. The Morgan fingerprint density at radius 2 is 2.23 bits per heavy atom. The second-order valence-electron chi connectivity index (χ2n) is 5.62. The summed E-state index contributed by atoms with van der Waals surface area (Å²) >= 11 is 0. The molecule has 1 aromatic heterocycles. The second kappa shape index (κ2) is 6.64. The van der Waals surface area contributed by atoms with Crippen LogP contribution >= 0.6 is 0 Å². The average molecular weight is 299 g/mol. The fourth-order valence-corrected chi connectivity index (χ4v) is 2.88. The largest absolute Gasteiger partial charge is 0.361 e. The third-order valence-corrected chi connectivity index (χ3v) is 3.95. The molecule has 5 nitrogen and oxygen atoms in total. The molecule has 0 bridgehead atoms. The van der Waals surface area contributed by atoms with Crippen LogP contribution in [0.1, 0.15) is 43.7 Å². The first-order chi connectivity index (χ1) is 10.8. The van der Waals surface area contributed by atoms with Crippen LogP contribution in [0.2, 0.25) is 0 Å². The highest BCUT2D eigenvalue weighted by molar-refractivity contribution is 5.89. The quantitative estimate of drug-likeness (QED) is 0.928. The van der Waals surface area contributed by atoms with Gasteiger partial charge in [0.2, 0.25) is 0 Å². The van der Waals surface area contributed by atoms with E-state index in [1.807, 2.05) is 41.3 Å². The number of amides is 2. The molecule has 0 unspecified atom stereocenters. The summed E-state index contributed by atoms with van der Waals surface area (Å²) in [6, 6.07) is 11.4. The van der Waals surface area contributed by atoms with Gasteiger partial charge in [0.1, 0.15) is 11.5 Å². The van der Waals surface area contributed by atoms with Crippen LogP contribution in [-0.4, -0.2) is 22.6 Å². The molecule has 0 aliphatic carbocycles. The van der Waals surface area contributed by atoms with Crippen molar-refractivity contribution in [3.63, 3.8) is 0 Å². The topological polar surface area (TPSA) is 58.4 Å². The van der Waals surface area contributed by atoms with E-state index in [0.717, 1.165) is 49.4 Å². The average Bonchev–Trinajstić information content (AvgIpc) is 3.17. The van der Waals surface area contributed by atoms with Gasteiger partial charge in [-0.3, -0.25) is 0 Å². The number of para-hydroxylation sites is 1. The Hall–Kier alpha value is -2.30. The van der Waals surface area contributed by atoms with E-state index >= 15 is 0 Å². The Labute approximate surface area is 130 Å². The van der Waals surface area contributed by atoms with Gasteiger partial charge in [-0.05, 0) is 31.4 Å². The Kier molecular flexibility index (Phi) is 4.42. The summed E-state index contributed by atoms with van der Waals surface area (Å²) in [5.41, 5.74) is 1.68. The highest BCUT2D eigenvalue weighted by Gasteiger charge is 2.32. The van der Waals surface area contributed by atoms with Crippen LogP contribution in [0.25, 0.3) is 0 Å².